The molecule has 1 aliphatic rings. The van der Waals surface area contributed by atoms with Crippen LogP contribution in [-0.4, -0.2) is 62.7 Å². The fourth-order valence-corrected chi connectivity index (χ4v) is 5.57. The number of carbonyl (C=O) groups is 2. The molecule has 7 heteroatoms. The number of aryl methyl sites for hydroxylation is 1. The van der Waals surface area contributed by atoms with Crippen molar-refractivity contribution >= 4 is 44.5 Å². The number of para-hydroxylation sites is 1. The second-order valence-corrected chi connectivity index (χ2v) is 9.91. The predicted molar refractivity (Wildman–Crippen MR) is 155 cm³/mol. The van der Waals surface area contributed by atoms with Crippen LogP contribution in [0, 0.1) is 0 Å². The second-order valence-electron chi connectivity index (χ2n) is 9.91. The van der Waals surface area contributed by atoms with Gasteiger partial charge in [0.15, 0.2) is 0 Å². The molecule has 1 aliphatic heterocycles. The van der Waals surface area contributed by atoms with Crippen molar-refractivity contribution in [1.82, 2.24) is 14.4 Å². The van der Waals surface area contributed by atoms with E-state index in [0.717, 1.165) is 45.8 Å². The largest absolute Gasteiger partial charge is 0.473 e. The van der Waals surface area contributed by atoms with E-state index in [1.54, 1.807) is 0 Å². The van der Waals surface area contributed by atoms with Crippen LogP contribution in [0.15, 0.2) is 84.9 Å². The number of carboxylic acids is 2. The molecule has 6 rings (SSSR count). The molecule has 2 heterocycles. The third kappa shape index (κ3) is 5.79. The van der Waals surface area contributed by atoms with Crippen LogP contribution in [0.4, 0.5) is 0 Å². The maximum Gasteiger partial charge on any atom is 0.414 e. The van der Waals surface area contributed by atoms with E-state index in [4.69, 9.17) is 19.8 Å². The van der Waals surface area contributed by atoms with Crippen LogP contribution in [0.2, 0.25) is 0 Å². The van der Waals surface area contributed by atoms with Crippen molar-refractivity contribution in [2.45, 2.75) is 26.6 Å². The Morgan fingerprint density at radius 1 is 0.667 bits per heavy atom. The monoisotopic (exact) mass is 523 g/mol. The zero-order valence-corrected chi connectivity index (χ0v) is 22.1. The minimum absolute atomic E-state index is 1.00. The summed E-state index contributed by atoms with van der Waals surface area (Å²) in [6.07, 6.45) is 0. The van der Waals surface area contributed by atoms with Crippen molar-refractivity contribution in [2.75, 3.05) is 26.2 Å². The summed E-state index contributed by atoms with van der Waals surface area (Å²) < 4.78 is 2.43. The lowest BCUT2D eigenvalue weighted by molar-refractivity contribution is -0.159. The molecule has 0 radical (unpaired) electrons. The van der Waals surface area contributed by atoms with Crippen LogP contribution >= 0.6 is 0 Å². The van der Waals surface area contributed by atoms with Crippen LogP contribution in [0.5, 0.6) is 0 Å². The summed E-state index contributed by atoms with van der Waals surface area (Å²) in [5, 5.41) is 20.3. The quantitative estimate of drug-likeness (QED) is 0.298. The van der Waals surface area contributed by atoms with Gasteiger partial charge in [-0.25, -0.2) is 9.59 Å². The number of benzene rings is 4. The first-order valence-corrected chi connectivity index (χ1v) is 13.3. The van der Waals surface area contributed by atoms with Gasteiger partial charge in [0, 0.05) is 67.6 Å². The van der Waals surface area contributed by atoms with Crippen LogP contribution < -0.4 is 0 Å². The molecular weight excluding hydrogens is 490 g/mol. The molecule has 1 aromatic heterocycles. The van der Waals surface area contributed by atoms with Crippen LogP contribution in [-0.2, 0) is 29.2 Å². The Bertz CT molecular complexity index is 1620. The number of hydrogen-bond acceptors (Lipinski definition) is 4. The summed E-state index contributed by atoms with van der Waals surface area (Å²) in [4.78, 5) is 23.4. The smallest absolute Gasteiger partial charge is 0.414 e. The normalized spacial score (nSPS) is 14.4. The van der Waals surface area contributed by atoms with E-state index >= 15 is 0 Å². The van der Waals surface area contributed by atoms with Crippen molar-refractivity contribution in [3.63, 3.8) is 0 Å². The molecule has 0 saturated carbocycles. The molecule has 39 heavy (non-hydrogen) atoms. The van der Waals surface area contributed by atoms with E-state index in [2.05, 4.69) is 106 Å². The van der Waals surface area contributed by atoms with Crippen molar-refractivity contribution in [2.24, 2.45) is 0 Å². The Hall–Kier alpha value is -4.20. The van der Waals surface area contributed by atoms with Gasteiger partial charge in [-0.15, -0.1) is 0 Å². The first-order chi connectivity index (χ1) is 18.9. The van der Waals surface area contributed by atoms with Gasteiger partial charge >= 0.3 is 11.9 Å². The molecule has 2 N–H and O–H groups in total. The van der Waals surface area contributed by atoms with Gasteiger partial charge in [0.2, 0.25) is 0 Å². The number of carboxylic acid groups (broad SMARTS) is 2. The molecule has 0 aliphatic carbocycles. The van der Waals surface area contributed by atoms with Crippen LogP contribution in [0.25, 0.3) is 32.6 Å². The molecule has 5 aromatic rings. The first kappa shape index (κ1) is 26.4. The number of nitrogens with zero attached hydrogens (tertiary/aromatic N) is 3. The lowest BCUT2D eigenvalue weighted by Gasteiger charge is -2.35. The molecule has 4 aromatic carbocycles. The summed E-state index contributed by atoms with van der Waals surface area (Å²) in [6, 6.07) is 31.3. The van der Waals surface area contributed by atoms with Gasteiger partial charge in [-0.05, 0) is 47.0 Å². The Labute approximate surface area is 227 Å². The van der Waals surface area contributed by atoms with Crippen molar-refractivity contribution in [3.05, 3.63) is 96.1 Å². The summed E-state index contributed by atoms with van der Waals surface area (Å²) in [7, 11) is 0. The summed E-state index contributed by atoms with van der Waals surface area (Å²) in [5.41, 5.74) is 5.56. The highest BCUT2D eigenvalue weighted by atomic mass is 16.4. The second kappa shape index (κ2) is 11.7. The highest BCUT2D eigenvalue weighted by molar-refractivity contribution is 6.27. The van der Waals surface area contributed by atoms with E-state index in [9.17, 15) is 0 Å². The Balaban J connectivity index is 0.000000465. The van der Waals surface area contributed by atoms with Crippen molar-refractivity contribution in [3.8, 4) is 0 Å². The molecule has 1 fully saturated rings. The SMILES string of the molecule is CCn1c2ccccc2c2cc(CN3CCN(Cc4cccc5ccccc45)CC3)ccc21.O=C(O)C(=O)O. The Kier molecular flexibility index (Phi) is 7.91. The molecule has 0 amide bonds. The highest BCUT2D eigenvalue weighted by Crippen LogP contribution is 2.30. The third-order valence-corrected chi connectivity index (χ3v) is 7.48. The zero-order chi connectivity index (χ0) is 27.4. The van der Waals surface area contributed by atoms with E-state index in [1.165, 1.54) is 43.7 Å². The highest BCUT2D eigenvalue weighted by Gasteiger charge is 2.18. The van der Waals surface area contributed by atoms with Crippen LogP contribution in [0.1, 0.15) is 18.1 Å². The van der Waals surface area contributed by atoms with E-state index in [1.807, 2.05) is 0 Å². The fourth-order valence-electron chi connectivity index (χ4n) is 5.57. The van der Waals surface area contributed by atoms with Crippen molar-refractivity contribution < 1.29 is 19.8 Å². The molecular formula is C32H33N3O4. The van der Waals surface area contributed by atoms with E-state index < -0.39 is 11.9 Å². The molecule has 1 saturated heterocycles. The Morgan fingerprint density at radius 3 is 1.95 bits per heavy atom. The van der Waals surface area contributed by atoms with E-state index in [0.29, 0.717) is 0 Å². The lowest BCUT2D eigenvalue weighted by atomic mass is 10.0. The number of piperazine rings is 1. The molecule has 200 valence electrons. The molecule has 0 spiro atoms. The number of rotatable bonds is 5. The first-order valence-electron chi connectivity index (χ1n) is 13.3. The number of aromatic nitrogens is 1. The van der Waals surface area contributed by atoms with Gasteiger partial charge in [-0.1, -0.05) is 66.7 Å². The van der Waals surface area contributed by atoms with Gasteiger partial charge in [-0.3, -0.25) is 9.80 Å². The standard InChI is InChI=1S/C30H31N3.C2H2O4/c1-2-33-29-13-6-5-12-27(29)28-20-23(14-15-30(28)33)21-31-16-18-32(19-17-31)22-25-10-7-9-24-8-3-4-11-26(24)25;3-1(4)2(5)6/h3-15,20H,2,16-19,21-22H2,1H3;(H,3,4)(H,5,6). The summed E-state index contributed by atoms with van der Waals surface area (Å²) >= 11 is 0. The van der Waals surface area contributed by atoms with Gasteiger partial charge in [-0.2, -0.15) is 0 Å². The predicted octanol–water partition coefficient (Wildman–Crippen LogP) is 5.44. The lowest BCUT2D eigenvalue weighted by Crippen LogP contribution is -2.45. The Morgan fingerprint density at radius 2 is 1.26 bits per heavy atom. The number of aliphatic carboxylic acids is 2. The summed E-state index contributed by atoms with van der Waals surface area (Å²) in [6.45, 7) is 9.81. The van der Waals surface area contributed by atoms with E-state index in [-0.39, 0.29) is 0 Å². The fraction of sp³-hybridized carbons (Fsp3) is 0.250. The molecule has 0 atom stereocenters. The average molecular weight is 524 g/mol. The molecule has 0 bridgehead atoms. The van der Waals surface area contributed by atoms with Crippen molar-refractivity contribution in [1.29, 1.82) is 0 Å². The molecule has 7 nitrogen and oxygen atoms in total. The van der Waals surface area contributed by atoms with Gasteiger partial charge in [0.25, 0.3) is 0 Å². The summed E-state index contributed by atoms with van der Waals surface area (Å²) in [5.74, 6) is -3.65. The van der Waals surface area contributed by atoms with Crippen LogP contribution in [0.3, 0.4) is 0 Å². The minimum Gasteiger partial charge on any atom is -0.473 e. The van der Waals surface area contributed by atoms with Gasteiger partial charge in [0.05, 0.1) is 0 Å². The molecule has 0 unspecified atom stereocenters. The topological polar surface area (TPSA) is 86.0 Å². The minimum atomic E-state index is -1.82. The number of fused-ring (bicyclic) bond motifs is 4. The maximum absolute atomic E-state index is 9.10. The average Bonchev–Trinajstić information content (AvgIpc) is 3.27. The van der Waals surface area contributed by atoms with Gasteiger partial charge in [0.1, 0.15) is 0 Å². The maximum atomic E-state index is 9.10. The van der Waals surface area contributed by atoms with Gasteiger partial charge < -0.3 is 14.8 Å². The third-order valence-electron chi connectivity index (χ3n) is 7.48. The number of hydrogen-bond donors (Lipinski definition) is 2. The zero-order valence-electron chi connectivity index (χ0n) is 22.1.